The van der Waals surface area contributed by atoms with Gasteiger partial charge in [-0.3, -0.25) is 4.79 Å². The summed E-state index contributed by atoms with van der Waals surface area (Å²) in [7, 11) is 0. The summed E-state index contributed by atoms with van der Waals surface area (Å²) in [6.45, 7) is 6.98. The van der Waals surface area contributed by atoms with Crippen molar-refractivity contribution in [3.8, 4) is 23.3 Å². The second-order valence-electron chi connectivity index (χ2n) is 4.81. The maximum Gasteiger partial charge on any atom is 0.306 e. The summed E-state index contributed by atoms with van der Waals surface area (Å²) in [6, 6.07) is 2.80. The molecular formula is C16H18O4. The van der Waals surface area contributed by atoms with Gasteiger partial charge >= 0.3 is 5.97 Å². The lowest BCUT2D eigenvalue weighted by atomic mass is 9.99. The molecule has 20 heavy (non-hydrogen) atoms. The lowest BCUT2D eigenvalue weighted by Crippen LogP contribution is -2.10. The summed E-state index contributed by atoms with van der Waals surface area (Å²) < 4.78 is 0. The van der Waals surface area contributed by atoms with Gasteiger partial charge in [0.1, 0.15) is 11.5 Å². The predicted octanol–water partition coefficient (Wildman–Crippen LogP) is 2.68. The van der Waals surface area contributed by atoms with Crippen LogP contribution < -0.4 is 0 Å². The number of carbonyl (C=O) groups is 1. The van der Waals surface area contributed by atoms with Crippen LogP contribution in [-0.2, 0) is 11.2 Å². The minimum Gasteiger partial charge on any atom is -0.508 e. The normalized spacial score (nSPS) is 11.3. The van der Waals surface area contributed by atoms with Crippen molar-refractivity contribution in [2.24, 2.45) is 5.92 Å². The van der Waals surface area contributed by atoms with E-state index in [2.05, 4.69) is 18.4 Å². The van der Waals surface area contributed by atoms with Gasteiger partial charge in [-0.2, -0.15) is 0 Å². The molecule has 0 heterocycles. The Kier molecular flexibility index (Phi) is 5.22. The molecule has 0 aliphatic carbocycles. The molecule has 1 rings (SSSR count). The van der Waals surface area contributed by atoms with E-state index >= 15 is 0 Å². The number of aromatic hydroxyl groups is 2. The molecule has 1 unspecified atom stereocenters. The van der Waals surface area contributed by atoms with Gasteiger partial charge in [0, 0.05) is 0 Å². The number of phenols is 2. The smallest absolute Gasteiger partial charge is 0.306 e. The molecule has 0 aliphatic heterocycles. The van der Waals surface area contributed by atoms with E-state index in [0.29, 0.717) is 29.5 Å². The second-order valence-corrected chi connectivity index (χ2v) is 4.81. The highest BCUT2D eigenvalue weighted by Gasteiger charge is 2.13. The summed E-state index contributed by atoms with van der Waals surface area (Å²) in [5.74, 6) is 4.03. The maximum absolute atomic E-state index is 10.7. The highest BCUT2D eigenvalue weighted by atomic mass is 16.4. The number of benzene rings is 1. The zero-order valence-electron chi connectivity index (χ0n) is 11.6. The van der Waals surface area contributed by atoms with Gasteiger partial charge in [0.15, 0.2) is 0 Å². The van der Waals surface area contributed by atoms with Gasteiger partial charge in [-0.1, -0.05) is 25.3 Å². The molecule has 0 spiro atoms. The molecule has 3 N–H and O–H groups in total. The zero-order valence-corrected chi connectivity index (χ0v) is 11.6. The van der Waals surface area contributed by atoms with E-state index in [1.807, 2.05) is 0 Å². The van der Waals surface area contributed by atoms with Crippen LogP contribution in [0.1, 0.15) is 31.4 Å². The van der Waals surface area contributed by atoms with Crippen LogP contribution >= 0.6 is 0 Å². The number of hydrogen-bond acceptors (Lipinski definition) is 3. The molecule has 0 radical (unpaired) electrons. The lowest BCUT2D eigenvalue weighted by molar-refractivity contribution is -0.141. The average molecular weight is 274 g/mol. The van der Waals surface area contributed by atoms with E-state index in [1.54, 1.807) is 13.8 Å². The van der Waals surface area contributed by atoms with E-state index in [4.69, 9.17) is 5.11 Å². The van der Waals surface area contributed by atoms with Gasteiger partial charge in [-0.15, -0.1) is 0 Å². The first kappa shape index (κ1) is 15.6. The summed E-state index contributed by atoms with van der Waals surface area (Å²) >= 11 is 0. The molecule has 0 saturated carbocycles. The number of aliphatic carboxylic acids is 1. The van der Waals surface area contributed by atoms with E-state index in [0.717, 1.165) is 0 Å². The molecule has 0 fully saturated rings. The van der Waals surface area contributed by atoms with E-state index < -0.39 is 11.9 Å². The number of carboxylic acid groups (broad SMARTS) is 1. The fourth-order valence-corrected chi connectivity index (χ4v) is 1.59. The third-order valence-corrected chi connectivity index (χ3v) is 2.88. The van der Waals surface area contributed by atoms with Crippen molar-refractivity contribution in [2.45, 2.75) is 26.7 Å². The van der Waals surface area contributed by atoms with Crippen molar-refractivity contribution in [1.82, 2.24) is 0 Å². The zero-order chi connectivity index (χ0) is 15.3. The van der Waals surface area contributed by atoms with Crippen LogP contribution in [0.15, 0.2) is 24.3 Å². The first-order valence-electron chi connectivity index (χ1n) is 6.26. The topological polar surface area (TPSA) is 77.8 Å². The van der Waals surface area contributed by atoms with Gasteiger partial charge < -0.3 is 15.3 Å². The van der Waals surface area contributed by atoms with Gasteiger partial charge in [0.25, 0.3) is 0 Å². The van der Waals surface area contributed by atoms with Crippen molar-refractivity contribution in [1.29, 1.82) is 0 Å². The summed E-state index contributed by atoms with van der Waals surface area (Å²) in [4.78, 5) is 10.7. The summed E-state index contributed by atoms with van der Waals surface area (Å²) in [5, 5.41) is 28.5. The second kappa shape index (κ2) is 6.67. The molecule has 0 saturated heterocycles. The molecule has 0 amide bonds. The Balaban J connectivity index is 2.92. The minimum absolute atomic E-state index is 0.00593. The lowest BCUT2D eigenvalue weighted by Gasteiger charge is -2.09. The van der Waals surface area contributed by atoms with Crippen molar-refractivity contribution < 1.29 is 20.1 Å². The number of phenolic OH excluding ortho intramolecular Hbond substituents is 2. The van der Waals surface area contributed by atoms with Crippen LogP contribution in [0.3, 0.4) is 0 Å². The number of rotatable bonds is 4. The molecule has 1 aromatic carbocycles. The average Bonchev–Trinajstić information content (AvgIpc) is 2.36. The fourth-order valence-electron chi connectivity index (χ4n) is 1.59. The Hall–Kier alpha value is -2.41. The molecule has 0 bridgehead atoms. The van der Waals surface area contributed by atoms with E-state index in [-0.39, 0.29) is 11.5 Å². The summed E-state index contributed by atoms with van der Waals surface area (Å²) in [5.41, 5.74) is 1.49. The standard InChI is InChI=1S/C16H18O4/c1-10(2)4-6-12-8-15(18)13(9-14(12)17)7-5-11(3)16(19)20/h8-9,11,17-18H,1,5,7H2,2-3H3,(H,19,20). The molecule has 4 heteroatoms. The molecule has 0 aromatic heterocycles. The van der Waals surface area contributed by atoms with Gasteiger partial charge in [-0.05, 0) is 43.0 Å². The van der Waals surface area contributed by atoms with Crippen molar-refractivity contribution in [3.05, 3.63) is 35.4 Å². The Morgan fingerprint density at radius 3 is 2.55 bits per heavy atom. The van der Waals surface area contributed by atoms with Crippen LogP contribution in [0.25, 0.3) is 0 Å². The Morgan fingerprint density at radius 2 is 2.00 bits per heavy atom. The third-order valence-electron chi connectivity index (χ3n) is 2.88. The fraction of sp³-hybridized carbons (Fsp3) is 0.312. The van der Waals surface area contributed by atoms with Gasteiger partial charge in [-0.25, -0.2) is 0 Å². The van der Waals surface area contributed by atoms with Crippen molar-refractivity contribution >= 4 is 5.97 Å². The highest BCUT2D eigenvalue weighted by Crippen LogP contribution is 2.28. The monoisotopic (exact) mass is 274 g/mol. The summed E-state index contributed by atoms with van der Waals surface area (Å²) in [6.07, 6.45) is 0.764. The molecule has 1 aromatic rings. The van der Waals surface area contributed by atoms with Crippen LogP contribution in [0, 0.1) is 17.8 Å². The molecule has 4 nitrogen and oxygen atoms in total. The maximum atomic E-state index is 10.7. The number of aryl methyl sites for hydroxylation is 1. The number of carboxylic acids is 1. The quantitative estimate of drug-likeness (QED) is 0.582. The molecule has 106 valence electrons. The Morgan fingerprint density at radius 1 is 1.35 bits per heavy atom. The highest BCUT2D eigenvalue weighted by molar-refractivity contribution is 5.69. The number of allylic oxidation sites excluding steroid dienone is 1. The molecule has 1 atom stereocenters. The van der Waals surface area contributed by atoms with Crippen LogP contribution in [-0.4, -0.2) is 21.3 Å². The first-order chi connectivity index (χ1) is 9.31. The Labute approximate surface area is 118 Å². The van der Waals surface area contributed by atoms with Gasteiger partial charge in [0.05, 0.1) is 11.5 Å². The predicted molar refractivity (Wildman–Crippen MR) is 76.6 cm³/mol. The van der Waals surface area contributed by atoms with Crippen LogP contribution in [0.4, 0.5) is 0 Å². The number of hydrogen-bond donors (Lipinski definition) is 3. The van der Waals surface area contributed by atoms with E-state index in [9.17, 15) is 15.0 Å². The van der Waals surface area contributed by atoms with Gasteiger partial charge in [0.2, 0.25) is 0 Å². The van der Waals surface area contributed by atoms with Crippen molar-refractivity contribution in [3.63, 3.8) is 0 Å². The Bertz CT molecular complexity index is 590. The molecular weight excluding hydrogens is 256 g/mol. The van der Waals surface area contributed by atoms with Crippen LogP contribution in [0.2, 0.25) is 0 Å². The largest absolute Gasteiger partial charge is 0.508 e. The van der Waals surface area contributed by atoms with Crippen LogP contribution in [0.5, 0.6) is 11.5 Å². The SMILES string of the molecule is C=C(C)C#Cc1cc(O)c(CCC(C)C(=O)O)cc1O. The van der Waals surface area contributed by atoms with Crippen molar-refractivity contribution in [2.75, 3.05) is 0 Å². The van der Waals surface area contributed by atoms with E-state index in [1.165, 1.54) is 12.1 Å². The first-order valence-corrected chi connectivity index (χ1v) is 6.26. The minimum atomic E-state index is -0.877. The third kappa shape index (κ3) is 4.36. The molecule has 0 aliphatic rings.